The lowest BCUT2D eigenvalue weighted by Crippen LogP contribution is -2.01. The van der Waals surface area contributed by atoms with Crippen LogP contribution in [-0.2, 0) is 0 Å². The molecule has 4 N–H and O–H groups in total. The summed E-state index contributed by atoms with van der Waals surface area (Å²) >= 11 is 1.55. The van der Waals surface area contributed by atoms with Gasteiger partial charge in [-0.15, -0.1) is 0 Å². The van der Waals surface area contributed by atoms with Gasteiger partial charge in [0, 0.05) is 11.1 Å². The molecule has 0 unspecified atom stereocenters. The Morgan fingerprint density at radius 3 is 2.30 bits per heavy atom. The highest BCUT2D eigenvalue weighted by molar-refractivity contribution is 7.99. The standard InChI is InChI=1S/C15H20N4OS.C2H6/c1-8(2)10-6-11(20-4)9(3)5-12(10)21-13-7-18-15(17)19-14(13)16;1-2/h5-8H,1-4H3,(H4,16,17,18,19);1-2H3. The van der Waals surface area contributed by atoms with Crippen LogP contribution >= 0.6 is 11.8 Å². The van der Waals surface area contributed by atoms with Crippen molar-refractivity contribution in [2.75, 3.05) is 18.6 Å². The third-order valence-electron chi connectivity index (χ3n) is 3.17. The summed E-state index contributed by atoms with van der Waals surface area (Å²) in [5.74, 6) is 1.85. The Labute approximate surface area is 142 Å². The molecule has 5 nitrogen and oxygen atoms in total. The van der Waals surface area contributed by atoms with Crippen LogP contribution in [0.1, 0.15) is 44.7 Å². The van der Waals surface area contributed by atoms with Gasteiger partial charge in [0.1, 0.15) is 11.6 Å². The Kier molecular flexibility index (Phi) is 7.16. The van der Waals surface area contributed by atoms with Crippen LogP contribution in [-0.4, -0.2) is 17.1 Å². The van der Waals surface area contributed by atoms with Crippen molar-refractivity contribution in [3.63, 3.8) is 0 Å². The Morgan fingerprint density at radius 1 is 1.13 bits per heavy atom. The fourth-order valence-corrected chi connectivity index (χ4v) is 3.17. The van der Waals surface area contributed by atoms with E-state index < -0.39 is 0 Å². The zero-order valence-corrected chi connectivity index (χ0v) is 15.5. The van der Waals surface area contributed by atoms with E-state index in [0.717, 1.165) is 21.1 Å². The molecule has 0 saturated carbocycles. The molecule has 6 heteroatoms. The molecule has 1 aromatic carbocycles. The van der Waals surface area contributed by atoms with E-state index in [9.17, 15) is 0 Å². The molecule has 0 spiro atoms. The van der Waals surface area contributed by atoms with Crippen LogP contribution in [0.5, 0.6) is 5.75 Å². The third-order valence-corrected chi connectivity index (χ3v) is 4.28. The van der Waals surface area contributed by atoms with E-state index in [0.29, 0.717) is 11.7 Å². The lowest BCUT2D eigenvalue weighted by molar-refractivity contribution is 0.410. The summed E-state index contributed by atoms with van der Waals surface area (Å²) in [5, 5.41) is 0. The van der Waals surface area contributed by atoms with Gasteiger partial charge in [0.15, 0.2) is 0 Å². The first-order valence-corrected chi connectivity index (χ1v) is 8.48. The van der Waals surface area contributed by atoms with Gasteiger partial charge in [-0.3, -0.25) is 0 Å². The average Bonchev–Trinajstić information content (AvgIpc) is 2.52. The number of benzene rings is 1. The molecule has 0 aliphatic heterocycles. The number of aryl methyl sites for hydroxylation is 1. The fraction of sp³-hybridized carbons (Fsp3) is 0.412. The van der Waals surface area contributed by atoms with Crippen LogP contribution in [0.25, 0.3) is 0 Å². The van der Waals surface area contributed by atoms with Crippen molar-refractivity contribution in [2.45, 2.75) is 50.3 Å². The fourth-order valence-electron chi connectivity index (χ4n) is 2.03. The summed E-state index contributed by atoms with van der Waals surface area (Å²) < 4.78 is 5.41. The van der Waals surface area contributed by atoms with Crippen molar-refractivity contribution in [1.82, 2.24) is 9.97 Å². The van der Waals surface area contributed by atoms with Crippen LogP contribution in [0.15, 0.2) is 28.1 Å². The van der Waals surface area contributed by atoms with Crippen molar-refractivity contribution < 1.29 is 4.74 Å². The van der Waals surface area contributed by atoms with Gasteiger partial charge in [-0.25, -0.2) is 4.98 Å². The first-order valence-electron chi connectivity index (χ1n) is 7.66. The van der Waals surface area contributed by atoms with Crippen molar-refractivity contribution in [2.24, 2.45) is 0 Å². The third kappa shape index (κ3) is 4.76. The molecular weight excluding hydrogens is 308 g/mol. The number of hydrogen-bond acceptors (Lipinski definition) is 6. The van der Waals surface area contributed by atoms with Crippen LogP contribution < -0.4 is 16.2 Å². The second-order valence-corrected chi connectivity index (χ2v) is 6.18. The maximum absolute atomic E-state index is 5.91. The van der Waals surface area contributed by atoms with E-state index in [1.165, 1.54) is 5.56 Å². The number of ether oxygens (including phenoxy) is 1. The van der Waals surface area contributed by atoms with Gasteiger partial charge >= 0.3 is 0 Å². The van der Waals surface area contributed by atoms with E-state index in [2.05, 4.69) is 35.9 Å². The van der Waals surface area contributed by atoms with Gasteiger partial charge in [0.05, 0.1) is 12.0 Å². The molecule has 2 rings (SSSR count). The lowest BCUT2D eigenvalue weighted by Gasteiger charge is -2.16. The zero-order valence-electron chi connectivity index (χ0n) is 14.7. The first kappa shape index (κ1) is 19.1. The number of nitrogens with zero attached hydrogens (tertiary/aromatic N) is 2. The van der Waals surface area contributed by atoms with Crippen LogP contribution in [0.2, 0.25) is 0 Å². The Balaban J connectivity index is 0.00000127. The molecule has 0 bridgehead atoms. The second kappa shape index (κ2) is 8.62. The zero-order chi connectivity index (χ0) is 17.6. The Bertz CT molecular complexity index is 659. The summed E-state index contributed by atoms with van der Waals surface area (Å²) in [7, 11) is 1.69. The summed E-state index contributed by atoms with van der Waals surface area (Å²) in [6.07, 6.45) is 1.66. The molecule has 0 saturated heterocycles. The minimum absolute atomic E-state index is 0.187. The average molecular weight is 334 g/mol. The largest absolute Gasteiger partial charge is 0.496 e. The van der Waals surface area contributed by atoms with Crippen molar-refractivity contribution in [3.8, 4) is 5.75 Å². The molecular formula is C17H26N4OS. The quantitative estimate of drug-likeness (QED) is 0.868. The predicted octanol–water partition coefficient (Wildman–Crippen LogP) is 4.26. The van der Waals surface area contributed by atoms with Gasteiger partial charge < -0.3 is 16.2 Å². The number of aromatic nitrogens is 2. The highest BCUT2D eigenvalue weighted by atomic mass is 32.2. The minimum atomic E-state index is 0.187. The SMILES string of the molecule is CC.COc1cc(C(C)C)c(Sc2cnc(N)nc2N)cc1C. The van der Waals surface area contributed by atoms with E-state index in [1.54, 1.807) is 25.1 Å². The lowest BCUT2D eigenvalue weighted by atomic mass is 10.0. The van der Waals surface area contributed by atoms with E-state index >= 15 is 0 Å². The summed E-state index contributed by atoms with van der Waals surface area (Å²) in [6.45, 7) is 10.3. The van der Waals surface area contributed by atoms with Crippen LogP contribution in [0.3, 0.4) is 0 Å². The number of anilines is 2. The van der Waals surface area contributed by atoms with Crippen molar-refractivity contribution >= 4 is 23.5 Å². The smallest absolute Gasteiger partial charge is 0.221 e. The van der Waals surface area contributed by atoms with E-state index in [1.807, 2.05) is 20.8 Å². The second-order valence-electron chi connectivity index (χ2n) is 5.09. The first-order chi connectivity index (χ1) is 10.9. The van der Waals surface area contributed by atoms with Gasteiger partial charge in [-0.05, 0) is 36.1 Å². The number of rotatable bonds is 4. The number of hydrogen-bond donors (Lipinski definition) is 2. The van der Waals surface area contributed by atoms with Gasteiger partial charge in [0.25, 0.3) is 0 Å². The minimum Gasteiger partial charge on any atom is -0.496 e. The number of nitrogens with two attached hydrogens (primary N) is 2. The maximum atomic E-state index is 5.91. The molecule has 2 aromatic rings. The number of methoxy groups -OCH3 is 1. The molecule has 1 aromatic heterocycles. The highest BCUT2D eigenvalue weighted by Crippen LogP contribution is 2.39. The van der Waals surface area contributed by atoms with Crippen molar-refractivity contribution in [3.05, 3.63) is 29.5 Å². The monoisotopic (exact) mass is 334 g/mol. The molecule has 0 aliphatic carbocycles. The Morgan fingerprint density at radius 2 is 1.78 bits per heavy atom. The topological polar surface area (TPSA) is 87.0 Å². The molecule has 0 radical (unpaired) electrons. The number of nitrogen functional groups attached to an aromatic ring is 2. The van der Waals surface area contributed by atoms with Gasteiger partial charge in [-0.1, -0.05) is 39.5 Å². The van der Waals surface area contributed by atoms with E-state index in [4.69, 9.17) is 16.2 Å². The molecule has 126 valence electrons. The Hall–Kier alpha value is -1.95. The van der Waals surface area contributed by atoms with Crippen LogP contribution in [0.4, 0.5) is 11.8 Å². The molecule has 0 aliphatic rings. The van der Waals surface area contributed by atoms with Gasteiger partial charge in [-0.2, -0.15) is 4.98 Å². The molecule has 23 heavy (non-hydrogen) atoms. The normalized spacial score (nSPS) is 10.2. The highest BCUT2D eigenvalue weighted by Gasteiger charge is 2.14. The summed E-state index contributed by atoms with van der Waals surface area (Å²) in [4.78, 5) is 9.94. The van der Waals surface area contributed by atoms with E-state index in [-0.39, 0.29) is 5.95 Å². The maximum Gasteiger partial charge on any atom is 0.221 e. The van der Waals surface area contributed by atoms with Crippen LogP contribution in [0, 0.1) is 6.92 Å². The van der Waals surface area contributed by atoms with Gasteiger partial charge in [0.2, 0.25) is 5.95 Å². The molecule has 1 heterocycles. The van der Waals surface area contributed by atoms with Crippen molar-refractivity contribution in [1.29, 1.82) is 0 Å². The molecule has 0 amide bonds. The summed E-state index contributed by atoms with van der Waals surface area (Å²) in [5.41, 5.74) is 13.7. The summed E-state index contributed by atoms with van der Waals surface area (Å²) in [6, 6.07) is 4.19. The molecule has 0 atom stereocenters. The predicted molar refractivity (Wildman–Crippen MR) is 98.1 cm³/mol. The molecule has 0 fully saturated rings.